The third-order valence-corrected chi connectivity index (χ3v) is 18.6. The number of carbonyl (C=O) groups is 2. The number of aliphatic hydroxyl groups excluding tert-OH is 2. The number of ether oxygens (including phenoxy) is 1. The van der Waals surface area contributed by atoms with Gasteiger partial charge in [-0.15, -0.1) is 0 Å². The average molecular weight is 1240 g/mol. The van der Waals surface area contributed by atoms with Crippen LogP contribution in [-0.4, -0.2) is 47.4 Å². The van der Waals surface area contributed by atoms with Crippen LogP contribution in [0.15, 0.2) is 48.6 Å². The monoisotopic (exact) mass is 1230 g/mol. The van der Waals surface area contributed by atoms with Gasteiger partial charge in [-0.1, -0.05) is 390 Å². The Morgan fingerprint density at radius 2 is 0.580 bits per heavy atom. The van der Waals surface area contributed by atoms with E-state index in [4.69, 9.17) is 4.74 Å². The Balaban J connectivity index is 3.36. The fourth-order valence-corrected chi connectivity index (χ4v) is 12.5. The highest BCUT2D eigenvalue weighted by Crippen LogP contribution is 2.19. The highest BCUT2D eigenvalue weighted by molar-refractivity contribution is 5.76. The summed E-state index contributed by atoms with van der Waals surface area (Å²) in [7, 11) is 0. The molecule has 3 N–H and O–H groups in total. The quantitative estimate of drug-likeness (QED) is 0.0320. The molecule has 0 fully saturated rings. The molecule has 1 amide bonds. The second kappa shape index (κ2) is 77.3. The number of rotatable bonds is 75. The number of allylic oxidation sites excluding steroid dienone is 7. The normalized spacial score (nSPS) is 12.7. The Morgan fingerprint density at radius 3 is 0.909 bits per heavy atom. The molecule has 88 heavy (non-hydrogen) atoms. The predicted molar refractivity (Wildman–Crippen MR) is 389 cm³/mol. The number of aliphatic hydroxyl groups is 2. The Bertz CT molecular complexity index is 1470. The van der Waals surface area contributed by atoms with Crippen LogP contribution < -0.4 is 5.32 Å². The molecule has 0 aromatic heterocycles. The van der Waals surface area contributed by atoms with Crippen molar-refractivity contribution < 1.29 is 24.5 Å². The number of hydrogen-bond acceptors (Lipinski definition) is 5. The fourth-order valence-electron chi connectivity index (χ4n) is 12.5. The lowest BCUT2D eigenvalue weighted by molar-refractivity contribution is -0.143. The van der Waals surface area contributed by atoms with Crippen molar-refractivity contribution in [3.63, 3.8) is 0 Å². The molecule has 6 heteroatoms. The smallest absolute Gasteiger partial charge is 0.305 e. The highest BCUT2D eigenvalue weighted by atomic mass is 16.5. The minimum Gasteiger partial charge on any atom is -0.466 e. The molecule has 0 radical (unpaired) electrons. The summed E-state index contributed by atoms with van der Waals surface area (Å²) in [4.78, 5) is 24.6. The molecule has 0 heterocycles. The van der Waals surface area contributed by atoms with Crippen molar-refractivity contribution in [2.24, 2.45) is 0 Å². The summed E-state index contributed by atoms with van der Waals surface area (Å²) in [6.45, 7) is 4.90. The molecule has 518 valence electrons. The molecule has 0 aromatic rings. The summed E-state index contributed by atoms with van der Waals surface area (Å²) in [6, 6.07) is -0.626. The van der Waals surface area contributed by atoms with Crippen molar-refractivity contribution in [3.8, 4) is 0 Å². The highest BCUT2D eigenvalue weighted by Gasteiger charge is 2.18. The number of nitrogens with one attached hydrogen (secondary N) is 1. The summed E-state index contributed by atoms with van der Waals surface area (Å²) in [6.07, 6.45) is 102. The molecule has 0 aromatic carbocycles. The maximum absolute atomic E-state index is 12.5. The standard InChI is InChI=1S/C82H155NO5/c1-3-5-7-9-11-13-15-17-19-20-21-41-44-47-50-54-58-62-66-70-74-80(85)79(78-84)83-81(86)75-71-67-63-59-55-51-48-45-42-39-37-35-33-31-29-27-25-23-22-24-26-28-30-32-34-36-38-40-43-46-49-53-57-61-65-69-73-77-88-82(87)76-72-68-64-60-56-52-18-16-14-12-10-8-6-4-2/h10,12,16,18,22,24,70,74,79-80,84-85H,3-9,11,13-15,17,19-21,23,25-69,71-73,75-78H2,1-2H3,(H,83,86)/b12-10-,18-16-,24-22-,74-70+. The van der Waals surface area contributed by atoms with Gasteiger partial charge in [-0.2, -0.15) is 0 Å². The van der Waals surface area contributed by atoms with Gasteiger partial charge in [-0.3, -0.25) is 9.59 Å². The topological polar surface area (TPSA) is 95.9 Å². The van der Waals surface area contributed by atoms with Crippen LogP contribution in [0, 0.1) is 0 Å². The first-order chi connectivity index (χ1) is 43.5. The van der Waals surface area contributed by atoms with E-state index in [0.29, 0.717) is 19.4 Å². The summed E-state index contributed by atoms with van der Waals surface area (Å²) in [5.74, 6) is -0.0531. The molecule has 6 nitrogen and oxygen atoms in total. The van der Waals surface area contributed by atoms with E-state index < -0.39 is 12.1 Å². The first-order valence-electron chi connectivity index (χ1n) is 39.9. The lowest BCUT2D eigenvalue weighted by Crippen LogP contribution is -2.45. The van der Waals surface area contributed by atoms with Crippen LogP contribution in [-0.2, 0) is 14.3 Å². The van der Waals surface area contributed by atoms with Crippen molar-refractivity contribution >= 4 is 11.9 Å². The van der Waals surface area contributed by atoms with Gasteiger partial charge >= 0.3 is 5.97 Å². The van der Waals surface area contributed by atoms with E-state index in [0.717, 1.165) is 51.4 Å². The zero-order valence-corrected chi connectivity index (χ0v) is 59.5. The number of amides is 1. The van der Waals surface area contributed by atoms with E-state index in [9.17, 15) is 19.8 Å². The van der Waals surface area contributed by atoms with Crippen molar-refractivity contribution in [3.05, 3.63) is 48.6 Å². The molecule has 0 bridgehead atoms. The van der Waals surface area contributed by atoms with Crippen LogP contribution >= 0.6 is 0 Å². The zero-order chi connectivity index (χ0) is 63.5. The van der Waals surface area contributed by atoms with Gasteiger partial charge in [0.2, 0.25) is 5.91 Å². The summed E-state index contributed by atoms with van der Waals surface area (Å²) in [5, 5.41) is 23.3. The second-order valence-electron chi connectivity index (χ2n) is 27.4. The largest absolute Gasteiger partial charge is 0.466 e. The minimum atomic E-state index is -0.843. The van der Waals surface area contributed by atoms with Gasteiger partial charge in [0.05, 0.1) is 25.4 Å². The van der Waals surface area contributed by atoms with Gasteiger partial charge in [0.15, 0.2) is 0 Å². The van der Waals surface area contributed by atoms with Crippen molar-refractivity contribution in [2.45, 2.75) is 450 Å². The average Bonchev–Trinajstić information content (AvgIpc) is 3.58. The zero-order valence-electron chi connectivity index (χ0n) is 59.5. The SMILES string of the molecule is CCCC/C=C\C/C=C\CCCCCCCC(=O)OCCCCCCCCCCCCCCCCCC/C=C\CCCCCCCCCCCCCCCCCCCC(=O)NC(CO)C(O)/C=C/CCCCCCCCCCCCCCCCCCCC. The lowest BCUT2D eigenvalue weighted by atomic mass is 10.0. The molecule has 0 aliphatic heterocycles. The minimum absolute atomic E-state index is 0.00688. The number of hydrogen-bond donors (Lipinski definition) is 3. The van der Waals surface area contributed by atoms with E-state index in [1.807, 2.05) is 6.08 Å². The van der Waals surface area contributed by atoms with Gasteiger partial charge in [0.25, 0.3) is 0 Å². The van der Waals surface area contributed by atoms with Crippen LogP contribution in [0.25, 0.3) is 0 Å². The number of carbonyl (C=O) groups excluding carboxylic acids is 2. The molecule has 0 rings (SSSR count). The van der Waals surface area contributed by atoms with E-state index in [-0.39, 0.29) is 18.5 Å². The second-order valence-corrected chi connectivity index (χ2v) is 27.4. The lowest BCUT2D eigenvalue weighted by Gasteiger charge is -2.20. The van der Waals surface area contributed by atoms with Crippen molar-refractivity contribution in [1.82, 2.24) is 5.32 Å². The summed E-state index contributed by atoms with van der Waals surface area (Å²) in [5.41, 5.74) is 0. The van der Waals surface area contributed by atoms with Gasteiger partial charge in [-0.25, -0.2) is 0 Å². The summed E-state index contributed by atoms with van der Waals surface area (Å²) >= 11 is 0. The van der Waals surface area contributed by atoms with Crippen molar-refractivity contribution in [2.75, 3.05) is 13.2 Å². The third kappa shape index (κ3) is 72.9. The fraction of sp³-hybridized carbons (Fsp3) is 0.878. The van der Waals surface area contributed by atoms with Crippen LogP contribution in [0.3, 0.4) is 0 Å². The molecule has 0 saturated carbocycles. The molecule has 0 aliphatic rings. The summed E-state index contributed by atoms with van der Waals surface area (Å²) < 4.78 is 5.49. The third-order valence-electron chi connectivity index (χ3n) is 18.6. The molecule has 0 aliphatic carbocycles. The van der Waals surface area contributed by atoms with E-state index >= 15 is 0 Å². The molecule has 0 spiro atoms. The Labute approximate surface area is 550 Å². The molecule has 2 unspecified atom stereocenters. The molecule has 2 atom stereocenters. The molecule has 0 saturated heterocycles. The van der Waals surface area contributed by atoms with Gasteiger partial charge in [-0.05, 0) is 83.5 Å². The number of unbranched alkanes of at least 4 members (excludes halogenated alkanes) is 58. The van der Waals surface area contributed by atoms with Crippen LogP contribution in [0.1, 0.15) is 438 Å². The predicted octanol–water partition coefficient (Wildman–Crippen LogP) is 26.4. The van der Waals surface area contributed by atoms with Crippen LogP contribution in [0.2, 0.25) is 0 Å². The molecular weight excluding hydrogens is 1080 g/mol. The first kappa shape index (κ1) is 85.8. The van der Waals surface area contributed by atoms with Crippen molar-refractivity contribution in [1.29, 1.82) is 0 Å². The maximum atomic E-state index is 12.5. The van der Waals surface area contributed by atoms with Gasteiger partial charge in [0, 0.05) is 12.8 Å². The van der Waals surface area contributed by atoms with Gasteiger partial charge in [0.1, 0.15) is 0 Å². The van der Waals surface area contributed by atoms with E-state index in [2.05, 4.69) is 55.6 Å². The Kier molecular flexibility index (Phi) is 75.4. The Morgan fingerprint density at radius 1 is 0.318 bits per heavy atom. The first-order valence-corrected chi connectivity index (χ1v) is 39.9. The van der Waals surface area contributed by atoms with Crippen LogP contribution in [0.4, 0.5) is 0 Å². The Hall–Kier alpha value is -2.18. The van der Waals surface area contributed by atoms with Gasteiger partial charge < -0.3 is 20.3 Å². The van der Waals surface area contributed by atoms with E-state index in [1.165, 1.54) is 360 Å². The molecular formula is C82H155NO5. The van der Waals surface area contributed by atoms with Crippen LogP contribution in [0.5, 0.6) is 0 Å². The number of esters is 1. The van der Waals surface area contributed by atoms with E-state index in [1.54, 1.807) is 6.08 Å². The maximum Gasteiger partial charge on any atom is 0.305 e.